The first-order valence-corrected chi connectivity index (χ1v) is 12.3. The average Bonchev–Trinajstić information content (AvgIpc) is 3.48. The summed E-state index contributed by atoms with van der Waals surface area (Å²) in [6.07, 6.45) is 5.67. The van der Waals surface area contributed by atoms with Gasteiger partial charge < -0.3 is 10.3 Å². The van der Waals surface area contributed by atoms with Crippen LogP contribution in [0.3, 0.4) is 0 Å². The summed E-state index contributed by atoms with van der Waals surface area (Å²) in [5.74, 6) is 1.26. The molecule has 4 rings (SSSR count). The second kappa shape index (κ2) is 9.07. The van der Waals surface area contributed by atoms with Crippen LogP contribution in [0.4, 0.5) is 0 Å². The molecular weight excluding hydrogens is 422 g/mol. The molecule has 3 aromatic rings. The van der Waals surface area contributed by atoms with Crippen LogP contribution in [0, 0.1) is 0 Å². The van der Waals surface area contributed by atoms with E-state index in [0.717, 1.165) is 22.8 Å². The Morgan fingerprint density at radius 2 is 1.97 bits per heavy atom. The molecule has 0 atom stereocenters. The molecule has 1 saturated heterocycles. The molecule has 1 aliphatic heterocycles. The number of aromatic nitrogens is 3. The van der Waals surface area contributed by atoms with Crippen LogP contribution in [0.1, 0.15) is 16.1 Å². The number of nitrogens with zero attached hydrogens (tertiary/aromatic N) is 3. The minimum atomic E-state index is -3.56. The first-order valence-electron chi connectivity index (χ1n) is 9.67. The molecule has 0 spiro atoms. The maximum Gasteiger partial charge on any atom is 0.267 e. The van der Waals surface area contributed by atoms with Crippen LogP contribution in [0.5, 0.6) is 0 Å². The zero-order valence-electron chi connectivity index (χ0n) is 16.3. The van der Waals surface area contributed by atoms with E-state index in [0.29, 0.717) is 26.1 Å². The van der Waals surface area contributed by atoms with Gasteiger partial charge in [0.15, 0.2) is 0 Å². The minimum absolute atomic E-state index is 0.133. The Labute approximate surface area is 179 Å². The van der Waals surface area contributed by atoms with E-state index in [4.69, 9.17) is 0 Å². The molecule has 1 amide bonds. The Morgan fingerprint density at radius 1 is 1.20 bits per heavy atom. The second-order valence-corrected chi connectivity index (χ2v) is 10.1. The predicted molar refractivity (Wildman–Crippen MR) is 116 cm³/mol. The molecule has 0 saturated carbocycles. The van der Waals surface area contributed by atoms with Crippen molar-refractivity contribution in [1.29, 1.82) is 0 Å². The van der Waals surface area contributed by atoms with Crippen molar-refractivity contribution in [2.75, 3.05) is 31.1 Å². The van der Waals surface area contributed by atoms with E-state index in [9.17, 15) is 13.2 Å². The van der Waals surface area contributed by atoms with Gasteiger partial charge in [0.2, 0.25) is 10.0 Å². The summed E-state index contributed by atoms with van der Waals surface area (Å²) in [6.45, 7) is 1.45. The van der Waals surface area contributed by atoms with Gasteiger partial charge in [0.1, 0.15) is 10.6 Å². The Kier molecular flexibility index (Phi) is 6.26. The Hall–Kier alpha value is -2.56. The van der Waals surface area contributed by atoms with Crippen molar-refractivity contribution in [2.45, 2.75) is 11.3 Å². The van der Waals surface area contributed by atoms with E-state index in [2.05, 4.69) is 15.4 Å². The largest absolute Gasteiger partial charge is 0.356 e. The third kappa shape index (κ3) is 4.61. The minimum Gasteiger partial charge on any atom is -0.356 e. The van der Waals surface area contributed by atoms with Gasteiger partial charge in [-0.05, 0) is 36.2 Å². The van der Waals surface area contributed by atoms with Crippen molar-refractivity contribution in [1.82, 2.24) is 24.4 Å². The van der Waals surface area contributed by atoms with E-state index >= 15 is 0 Å². The summed E-state index contributed by atoms with van der Waals surface area (Å²) in [4.78, 5) is 15.3. The van der Waals surface area contributed by atoms with Gasteiger partial charge in [-0.25, -0.2) is 13.1 Å². The number of hydrogen-bond acceptors (Lipinski definition) is 5. The van der Waals surface area contributed by atoms with Gasteiger partial charge in [0, 0.05) is 49.7 Å². The van der Waals surface area contributed by atoms with Gasteiger partial charge in [0.05, 0.1) is 5.69 Å². The van der Waals surface area contributed by atoms with Crippen LogP contribution in [0.2, 0.25) is 0 Å². The summed E-state index contributed by atoms with van der Waals surface area (Å²) in [6, 6.07) is 11.2. The normalized spacial score (nSPS) is 15.2. The third-order valence-corrected chi connectivity index (χ3v) is 7.73. The van der Waals surface area contributed by atoms with Crippen LogP contribution >= 0.6 is 11.8 Å². The Morgan fingerprint density at radius 3 is 2.67 bits per heavy atom. The van der Waals surface area contributed by atoms with Crippen LogP contribution in [-0.4, -0.2) is 64.5 Å². The Balaban J connectivity index is 1.31. The molecule has 2 aromatic heterocycles. The van der Waals surface area contributed by atoms with Gasteiger partial charge >= 0.3 is 0 Å². The highest BCUT2D eigenvalue weighted by Crippen LogP contribution is 2.20. The maximum atomic E-state index is 12.7. The predicted octanol–water partition coefficient (Wildman–Crippen LogP) is 1.91. The molecule has 0 bridgehead atoms. The summed E-state index contributed by atoms with van der Waals surface area (Å²) >= 11 is 1.74. The van der Waals surface area contributed by atoms with E-state index in [1.54, 1.807) is 22.6 Å². The SMILES string of the molecule is O=C(NCCc1ccc(-n2cccn2)cc1)c1cc(S(=O)(=O)N2CCSCC2)c[nH]1. The Bertz CT molecular complexity index is 1090. The molecule has 8 nitrogen and oxygen atoms in total. The number of hydrogen-bond donors (Lipinski definition) is 2. The highest BCUT2D eigenvalue weighted by Gasteiger charge is 2.27. The van der Waals surface area contributed by atoms with Crippen LogP contribution < -0.4 is 5.32 Å². The standard InChI is InChI=1S/C20H23N5O3S2/c26-20(19-14-18(15-22-19)30(27,28)24-10-12-29-13-11-24)21-8-6-16-2-4-17(5-3-16)25-9-1-7-23-25/h1-5,7,9,14-15,22H,6,8,10-13H2,(H,21,26). The molecule has 0 radical (unpaired) electrons. The lowest BCUT2D eigenvalue weighted by atomic mass is 10.1. The molecule has 10 heteroatoms. The highest BCUT2D eigenvalue weighted by atomic mass is 32.2. The van der Waals surface area contributed by atoms with Gasteiger partial charge in [-0.2, -0.15) is 21.2 Å². The van der Waals surface area contributed by atoms with E-state index < -0.39 is 10.0 Å². The fourth-order valence-electron chi connectivity index (χ4n) is 3.24. The first-order chi connectivity index (χ1) is 14.5. The van der Waals surface area contributed by atoms with Crippen molar-refractivity contribution in [2.24, 2.45) is 0 Å². The lowest BCUT2D eigenvalue weighted by Gasteiger charge is -2.24. The molecule has 30 heavy (non-hydrogen) atoms. The zero-order chi connectivity index (χ0) is 21.0. The molecule has 158 valence electrons. The van der Waals surface area contributed by atoms with Gasteiger partial charge in [0.25, 0.3) is 5.91 Å². The molecular formula is C20H23N5O3S2. The van der Waals surface area contributed by atoms with Crippen LogP contribution in [-0.2, 0) is 16.4 Å². The van der Waals surface area contributed by atoms with Crippen molar-refractivity contribution >= 4 is 27.7 Å². The number of aromatic amines is 1. The summed E-state index contributed by atoms with van der Waals surface area (Å²) in [7, 11) is -3.56. The second-order valence-electron chi connectivity index (χ2n) is 6.89. The number of H-pyrrole nitrogens is 1. The van der Waals surface area contributed by atoms with Gasteiger partial charge in [-0.3, -0.25) is 4.79 Å². The van der Waals surface area contributed by atoms with Crippen molar-refractivity contribution in [3.63, 3.8) is 0 Å². The summed E-state index contributed by atoms with van der Waals surface area (Å²) in [5.41, 5.74) is 2.30. The number of nitrogens with one attached hydrogen (secondary N) is 2. The number of thioether (sulfide) groups is 1. The molecule has 1 aliphatic rings. The lowest BCUT2D eigenvalue weighted by molar-refractivity contribution is 0.0949. The molecule has 0 aliphatic carbocycles. The summed E-state index contributed by atoms with van der Waals surface area (Å²) < 4.78 is 28.6. The first kappa shape index (κ1) is 20.7. The number of rotatable bonds is 7. The topological polar surface area (TPSA) is 100 Å². The lowest BCUT2D eigenvalue weighted by Crippen LogP contribution is -2.37. The summed E-state index contributed by atoms with van der Waals surface area (Å²) in [5, 5.41) is 7.03. The smallest absolute Gasteiger partial charge is 0.267 e. The molecule has 0 unspecified atom stereocenters. The fourth-order valence-corrected chi connectivity index (χ4v) is 5.81. The van der Waals surface area contributed by atoms with E-state index in [1.807, 2.05) is 36.5 Å². The fraction of sp³-hybridized carbons (Fsp3) is 0.300. The monoisotopic (exact) mass is 445 g/mol. The number of sulfonamides is 1. The van der Waals surface area contributed by atoms with Crippen molar-refractivity contribution < 1.29 is 13.2 Å². The molecule has 2 N–H and O–H groups in total. The number of benzene rings is 1. The highest BCUT2D eigenvalue weighted by molar-refractivity contribution is 7.99. The number of amides is 1. The zero-order valence-corrected chi connectivity index (χ0v) is 18.0. The quantitative estimate of drug-likeness (QED) is 0.579. The number of carbonyl (C=O) groups is 1. The number of carbonyl (C=O) groups excluding carboxylic acids is 1. The van der Waals surface area contributed by atoms with Crippen molar-refractivity contribution in [3.05, 3.63) is 66.2 Å². The van der Waals surface area contributed by atoms with Gasteiger partial charge in [-0.1, -0.05) is 12.1 Å². The van der Waals surface area contributed by atoms with E-state index in [1.165, 1.54) is 16.6 Å². The molecule has 3 heterocycles. The van der Waals surface area contributed by atoms with E-state index in [-0.39, 0.29) is 16.5 Å². The molecule has 1 aromatic carbocycles. The van der Waals surface area contributed by atoms with Crippen LogP contribution in [0.15, 0.2) is 59.9 Å². The van der Waals surface area contributed by atoms with Crippen LogP contribution in [0.25, 0.3) is 5.69 Å². The van der Waals surface area contributed by atoms with Crippen molar-refractivity contribution in [3.8, 4) is 5.69 Å². The van der Waals surface area contributed by atoms with Gasteiger partial charge in [-0.15, -0.1) is 0 Å². The average molecular weight is 446 g/mol. The molecule has 1 fully saturated rings. The maximum absolute atomic E-state index is 12.7. The third-order valence-electron chi connectivity index (χ3n) is 4.91.